The van der Waals surface area contributed by atoms with Crippen LogP contribution in [-0.4, -0.2) is 6.61 Å². The molecule has 1 aromatic carbocycles. The summed E-state index contributed by atoms with van der Waals surface area (Å²) in [4.78, 5) is 1.04. The van der Waals surface area contributed by atoms with Crippen LogP contribution in [-0.2, 0) is 6.42 Å². The van der Waals surface area contributed by atoms with Gasteiger partial charge in [0.1, 0.15) is 5.75 Å². The Hall–Kier alpha value is -1.07. The summed E-state index contributed by atoms with van der Waals surface area (Å²) in [6.45, 7) is 0.763. The summed E-state index contributed by atoms with van der Waals surface area (Å²) in [5, 5.41) is 2.72. The average Bonchev–Trinajstić information content (AvgIpc) is 2.99. The summed E-state index contributed by atoms with van der Waals surface area (Å²) < 4.78 is 5.51. The van der Waals surface area contributed by atoms with Crippen molar-refractivity contribution in [3.63, 3.8) is 0 Å². The Kier molecular flexibility index (Phi) is 3.26. The molecule has 0 bridgehead atoms. The van der Waals surface area contributed by atoms with E-state index >= 15 is 0 Å². The second-order valence-electron chi connectivity index (χ2n) is 4.20. The Morgan fingerprint density at radius 1 is 1.39 bits per heavy atom. The second-order valence-corrected chi connectivity index (χ2v) is 5.55. The molecule has 5 heteroatoms. The van der Waals surface area contributed by atoms with Crippen molar-refractivity contribution in [1.29, 1.82) is 0 Å². The largest absolute Gasteiger partial charge is 0.493 e. The van der Waals surface area contributed by atoms with Crippen LogP contribution in [0.25, 0.3) is 0 Å². The third-order valence-corrected chi connectivity index (χ3v) is 4.54. The smallest absolute Gasteiger partial charge is 0.122 e. The number of hydrazine groups is 1. The number of nitrogens with one attached hydrogen (secondary N) is 1. The van der Waals surface area contributed by atoms with Crippen LogP contribution in [0.15, 0.2) is 29.6 Å². The van der Waals surface area contributed by atoms with Crippen LogP contribution in [0.2, 0.25) is 5.02 Å². The fraction of sp³-hybridized carbons (Fsp3) is 0.231. The molecule has 1 aliphatic heterocycles. The minimum absolute atomic E-state index is 0.0663. The maximum absolute atomic E-state index is 6.17. The monoisotopic (exact) mass is 280 g/mol. The van der Waals surface area contributed by atoms with E-state index in [4.69, 9.17) is 22.2 Å². The van der Waals surface area contributed by atoms with E-state index in [0.717, 1.165) is 34.2 Å². The first-order valence-corrected chi connectivity index (χ1v) is 7.00. The van der Waals surface area contributed by atoms with Crippen molar-refractivity contribution in [2.45, 2.75) is 12.5 Å². The van der Waals surface area contributed by atoms with Crippen LogP contribution >= 0.6 is 22.9 Å². The van der Waals surface area contributed by atoms with Crippen LogP contribution in [0, 0.1) is 0 Å². The lowest BCUT2D eigenvalue weighted by Crippen LogP contribution is -2.28. The van der Waals surface area contributed by atoms with E-state index in [9.17, 15) is 0 Å². The molecular formula is C13H13ClN2OS. The first-order chi connectivity index (χ1) is 8.79. The van der Waals surface area contributed by atoms with Gasteiger partial charge in [-0.2, -0.15) is 0 Å². The molecule has 94 valence electrons. The molecule has 3 nitrogen and oxygen atoms in total. The standard InChI is InChI=1S/C13H13ClN2OS/c14-10-4-6-18-13(10)12(16-15)9-1-2-11-8(7-9)3-5-17-11/h1-2,4,6-7,12,16H,3,5,15H2. The predicted molar refractivity (Wildman–Crippen MR) is 74.1 cm³/mol. The topological polar surface area (TPSA) is 47.3 Å². The van der Waals surface area contributed by atoms with E-state index in [1.54, 1.807) is 11.3 Å². The lowest BCUT2D eigenvalue weighted by Gasteiger charge is -2.16. The Bertz CT molecular complexity index is 570. The van der Waals surface area contributed by atoms with Crippen molar-refractivity contribution in [3.05, 3.63) is 50.7 Å². The zero-order chi connectivity index (χ0) is 12.5. The van der Waals surface area contributed by atoms with Gasteiger partial charge in [-0.1, -0.05) is 17.7 Å². The van der Waals surface area contributed by atoms with Gasteiger partial charge < -0.3 is 4.74 Å². The summed E-state index contributed by atoms with van der Waals surface area (Å²) >= 11 is 7.78. The number of fused-ring (bicyclic) bond motifs is 1. The van der Waals surface area contributed by atoms with Crippen LogP contribution in [0.5, 0.6) is 5.75 Å². The average molecular weight is 281 g/mol. The van der Waals surface area contributed by atoms with Gasteiger partial charge in [0, 0.05) is 11.3 Å². The van der Waals surface area contributed by atoms with Crippen LogP contribution in [0.3, 0.4) is 0 Å². The highest BCUT2D eigenvalue weighted by Gasteiger charge is 2.20. The van der Waals surface area contributed by atoms with Crippen LogP contribution in [0.4, 0.5) is 0 Å². The highest BCUT2D eigenvalue weighted by molar-refractivity contribution is 7.10. The summed E-state index contributed by atoms with van der Waals surface area (Å²) in [5.74, 6) is 6.66. The first-order valence-electron chi connectivity index (χ1n) is 5.74. The highest BCUT2D eigenvalue weighted by Crippen LogP contribution is 2.35. The van der Waals surface area contributed by atoms with Gasteiger partial charge >= 0.3 is 0 Å². The van der Waals surface area contributed by atoms with Gasteiger partial charge in [0.2, 0.25) is 0 Å². The second kappa shape index (κ2) is 4.90. The molecule has 1 atom stereocenters. The molecule has 2 aromatic rings. The molecule has 0 radical (unpaired) electrons. The number of rotatable bonds is 3. The number of halogens is 1. The van der Waals surface area contributed by atoms with Crippen molar-refractivity contribution >= 4 is 22.9 Å². The molecular weight excluding hydrogens is 268 g/mol. The van der Waals surface area contributed by atoms with Crippen molar-refractivity contribution in [2.24, 2.45) is 5.84 Å². The Morgan fingerprint density at radius 3 is 3.00 bits per heavy atom. The number of nitrogens with two attached hydrogens (primary N) is 1. The maximum atomic E-state index is 6.17. The molecule has 0 saturated heterocycles. The first kappa shape index (κ1) is 12.0. The zero-order valence-electron chi connectivity index (χ0n) is 9.65. The lowest BCUT2D eigenvalue weighted by atomic mass is 10.0. The van der Waals surface area contributed by atoms with Crippen LogP contribution < -0.4 is 16.0 Å². The summed E-state index contributed by atoms with van der Waals surface area (Å²) in [6, 6.07) is 8.00. The van der Waals surface area contributed by atoms with Crippen LogP contribution in [0.1, 0.15) is 22.0 Å². The molecule has 18 heavy (non-hydrogen) atoms. The molecule has 3 rings (SSSR count). The van der Waals surface area contributed by atoms with Gasteiger partial charge in [-0.15, -0.1) is 11.3 Å². The predicted octanol–water partition coefficient (Wildman–Crippen LogP) is 2.89. The SMILES string of the molecule is NNC(c1ccc2c(c1)CCO2)c1sccc1Cl. The zero-order valence-corrected chi connectivity index (χ0v) is 11.2. The molecule has 1 aromatic heterocycles. The molecule has 0 amide bonds. The third kappa shape index (κ3) is 2.01. The highest BCUT2D eigenvalue weighted by atomic mass is 35.5. The number of hydrogen-bond donors (Lipinski definition) is 2. The Morgan fingerprint density at radius 2 is 2.28 bits per heavy atom. The van der Waals surface area contributed by atoms with Crippen molar-refractivity contribution in [3.8, 4) is 5.75 Å². The number of benzene rings is 1. The van der Waals surface area contributed by atoms with E-state index in [1.165, 1.54) is 5.56 Å². The maximum Gasteiger partial charge on any atom is 0.122 e. The van der Waals surface area contributed by atoms with E-state index < -0.39 is 0 Å². The summed E-state index contributed by atoms with van der Waals surface area (Å²) in [6.07, 6.45) is 0.957. The molecule has 1 aliphatic rings. The third-order valence-electron chi connectivity index (χ3n) is 3.12. The fourth-order valence-electron chi connectivity index (χ4n) is 2.22. The van der Waals surface area contributed by atoms with E-state index in [0.29, 0.717) is 0 Å². The van der Waals surface area contributed by atoms with Gasteiger partial charge in [-0.3, -0.25) is 5.84 Å². The van der Waals surface area contributed by atoms with E-state index in [2.05, 4.69) is 11.5 Å². The fourth-order valence-corrected chi connectivity index (χ4v) is 3.47. The van der Waals surface area contributed by atoms with Gasteiger partial charge in [0.05, 0.1) is 17.7 Å². The molecule has 0 fully saturated rings. The van der Waals surface area contributed by atoms with E-state index in [1.807, 2.05) is 23.6 Å². The summed E-state index contributed by atoms with van der Waals surface area (Å²) in [7, 11) is 0. The molecule has 1 unspecified atom stereocenters. The minimum Gasteiger partial charge on any atom is -0.493 e. The molecule has 0 aliphatic carbocycles. The van der Waals surface area contributed by atoms with Crippen molar-refractivity contribution in [1.82, 2.24) is 5.43 Å². The normalized spacial score (nSPS) is 15.2. The minimum atomic E-state index is -0.0663. The van der Waals surface area contributed by atoms with Gasteiger partial charge in [-0.05, 0) is 34.7 Å². The molecule has 0 saturated carbocycles. The number of thiophene rings is 1. The molecule has 0 spiro atoms. The van der Waals surface area contributed by atoms with Gasteiger partial charge in [0.25, 0.3) is 0 Å². The number of ether oxygens (including phenoxy) is 1. The van der Waals surface area contributed by atoms with Gasteiger partial charge in [-0.25, -0.2) is 5.43 Å². The molecule has 3 N–H and O–H groups in total. The Labute approximate surface area is 114 Å². The van der Waals surface area contributed by atoms with Crippen molar-refractivity contribution < 1.29 is 4.74 Å². The van der Waals surface area contributed by atoms with Crippen molar-refractivity contribution in [2.75, 3.05) is 6.61 Å². The summed E-state index contributed by atoms with van der Waals surface area (Å²) in [5.41, 5.74) is 5.19. The lowest BCUT2D eigenvalue weighted by molar-refractivity contribution is 0.357. The Balaban J connectivity index is 2.00. The quantitative estimate of drug-likeness (QED) is 0.671. The van der Waals surface area contributed by atoms with Gasteiger partial charge in [0.15, 0.2) is 0 Å². The molecule has 2 heterocycles. The number of hydrogen-bond acceptors (Lipinski definition) is 4. The van der Waals surface area contributed by atoms with E-state index in [-0.39, 0.29) is 6.04 Å².